The summed E-state index contributed by atoms with van der Waals surface area (Å²) in [6.45, 7) is 5.98. The number of carbonyl (C=O) groups excluding carboxylic acids is 1. The van der Waals surface area contributed by atoms with Crippen molar-refractivity contribution in [1.29, 1.82) is 0 Å². The third kappa shape index (κ3) is 4.32. The Morgan fingerprint density at radius 2 is 1.74 bits per heavy atom. The van der Waals surface area contributed by atoms with Crippen molar-refractivity contribution < 1.29 is 17.6 Å². The van der Waals surface area contributed by atoms with E-state index in [0.29, 0.717) is 38.2 Å². The van der Waals surface area contributed by atoms with Crippen LogP contribution in [0.15, 0.2) is 48.5 Å². The molecule has 2 heterocycles. The molecule has 2 aromatic rings. The zero-order chi connectivity index (χ0) is 22.2. The van der Waals surface area contributed by atoms with Crippen molar-refractivity contribution in [3.63, 3.8) is 0 Å². The van der Waals surface area contributed by atoms with E-state index in [2.05, 4.69) is 0 Å². The van der Waals surface area contributed by atoms with Gasteiger partial charge < -0.3 is 9.80 Å². The van der Waals surface area contributed by atoms with Crippen molar-refractivity contribution in [2.24, 2.45) is 0 Å². The summed E-state index contributed by atoms with van der Waals surface area (Å²) in [6, 6.07) is 14.0. The van der Waals surface area contributed by atoms with Crippen LogP contribution >= 0.6 is 0 Å². The van der Waals surface area contributed by atoms with Gasteiger partial charge in [0.15, 0.2) is 0 Å². The molecule has 2 aliphatic heterocycles. The molecular formula is C23H28FN3O3S. The van der Waals surface area contributed by atoms with E-state index in [1.807, 2.05) is 48.2 Å². The van der Waals surface area contributed by atoms with Gasteiger partial charge in [0, 0.05) is 56.9 Å². The zero-order valence-corrected chi connectivity index (χ0v) is 18.7. The predicted molar refractivity (Wildman–Crippen MR) is 119 cm³/mol. The fraction of sp³-hybridized carbons (Fsp3) is 0.435. The van der Waals surface area contributed by atoms with Crippen LogP contribution in [0.1, 0.15) is 36.6 Å². The third-order valence-corrected chi connectivity index (χ3v) is 8.68. The van der Waals surface area contributed by atoms with Crippen molar-refractivity contribution >= 4 is 21.6 Å². The molecular weight excluding hydrogens is 417 g/mol. The number of benzene rings is 2. The molecule has 0 N–H and O–H groups in total. The van der Waals surface area contributed by atoms with Crippen LogP contribution < -0.4 is 4.90 Å². The quantitative estimate of drug-likeness (QED) is 0.725. The molecule has 4 rings (SSSR count). The zero-order valence-electron chi connectivity index (χ0n) is 17.9. The summed E-state index contributed by atoms with van der Waals surface area (Å²) in [5, 5.41) is -0.594. The third-order valence-electron chi connectivity index (χ3n) is 6.36. The molecule has 0 bridgehead atoms. The predicted octanol–water partition coefficient (Wildman–Crippen LogP) is 3.16. The first kappa shape index (κ1) is 21.8. The molecule has 166 valence electrons. The molecule has 2 aliphatic rings. The molecule has 2 saturated heterocycles. The average molecular weight is 446 g/mol. The van der Waals surface area contributed by atoms with Crippen LogP contribution in [0.4, 0.5) is 10.1 Å². The molecule has 0 spiro atoms. The Bertz CT molecular complexity index is 1050. The molecule has 8 heteroatoms. The van der Waals surface area contributed by atoms with E-state index in [1.165, 1.54) is 10.4 Å². The van der Waals surface area contributed by atoms with Gasteiger partial charge in [0.05, 0.1) is 0 Å². The topological polar surface area (TPSA) is 60.9 Å². The highest BCUT2D eigenvalue weighted by molar-refractivity contribution is 7.89. The smallest absolute Gasteiger partial charge is 0.221 e. The van der Waals surface area contributed by atoms with Crippen LogP contribution in [0, 0.1) is 5.82 Å². The number of sulfonamides is 1. The van der Waals surface area contributed by atoms with E-state index in [1.54, 1.807) is 17.9 Å². The van der Waals surface area contributed by atoms with Gasteiger partial charge in [0.25, 0.3) is 0 Å². The molecule has 2 unspecified atom stereocenters. The molecule has 0 radical (unpaired) electrons. The van der Waals surface area contributed by atoms with Crippen LogP contribution in [0.25, 0.3) is 0 Å². The molecule has 2 fully saturated rings. The lowest BCUT2D eigenvalue weighted by molar-refractivity contribution is -0.129. The van der Waals surface area contributed by atoms with Crippen LogP contribution in [0.2, 0.25) is 0 Å². The number of nitrogens with zero attached hydrogens (tertiary/aromatic N) is 3. The van der Waals surface area contributed by atoms with Crippen LogP contribution in [0.5, 0.6) is 0 Å². The Balaban J connectivity index is 1.49. The summed E-state index contributed by atoms with van der Waals surface area (Å²) in [7, 11) is -3.57. The van der Waals surface area contributed by atoms with E-state index in [4.69, 9.17) is 0 Å². The van der Waals surface area contributed by atoms with Crippen molar-refractivity contribution in [2.75, 3.05) is 31.1 Å². The highest BCUT2D eigenvalue weighted by Crippen LogP contribution is 2.40. The Kier molecular flexibility index (Phi) is 6.03. The molecule has 0 aliphatic carbocycles. The number of piperazine rings is 1. The van der Waals surface area contributed by atoms with E-state index in [0.717, 1.165) is 11.3 Å². The molecule has 0 aromatic heterocycles. The van der Waals surface area contributed by atoms with Gasteiger partial charge in [-0.3, -0.25) is 4.79 Å². The molecule has 1 amide bonds. The highest BCUT2D eigenvalue weighted by Gasteiger charge is 2.44. The molecule has 2 aromatic carbocycles. The maximum Gasteiger partial charge on any atom is 0.221 e. The lowest BCUT2D eigenvalue weighted by Crippen LogP contribution is -2.48. The van der Waals surface area contributed by atoms with E-state index < -0.39 is 21.1 Å². The van der Waals surface area contributed by atoms with Crippen molar-refractivity contribution in [3.05, 3.63) is 65.5 Å². The van der Waals surface area contributed by atoms with Crippen molar-refractivity contribution in [3.8, 4) is 0 Å². The molecule has 0 saturated carbocycles. The number of hydrogen-bond acceptors (Lipinski definition) is 4. The molecule has 6 nitrogen and oxygen atoms in total. The molecule has 2 atom stereocenters. The van der Waals surface area contributed by atoms with E-state index in [9.17, 15) is 17.6 Å². The van der Waals surface area contributed by atoms with E-state index in [-0.39, 0.29) is 18.5 Å². The van der Waals surface area contributed by atoms with Crippen molar-refractivity contribution in [2.45, 2.75) is 38.1 Å². The fourth-order valence-electron chi connectivity index (χ4n) is 4.49. The monoisotopic (exact) mass is 445 g/mol. The maximum absolute atomic E-state index is 14.9. The van der Waals surface area contributed by atoms with Gasteiger partial charge in [0.1, 0.15) is 11.1 Å². The van der Waals surface area contributed by atoms with Gasteiger partial charge in [-0.05, 0) is 31.0 Å². The number of rotatable bonds is 4. The standard InChI is InChI=1S/C23H28FN3O3S/c1-17-14-23(19-6-4-3-5-7-19)31(29,30)27(17)16-20-8-9-21(15-22(20)24)26-12-10-25(11-13-26)18(2)28/h3-9,15,17,23H,10-14,16H2,1-2H3. The van der Waals surface area contributed by atoms with Crippen LogP contribution in [-0.4, -0.2) is 55.8 Å². The summed E-state index contributed by atoms with van der Waals surface area (Å²) in [5.41, 5.74) is 1.90. The number of hydrogen-bond donors (Lipinski definition) is 0. The Morgan fingerprint density at radius 1 is 1.06 bits per heavy atom. The van der Waals surface area contributed by atoms with Gasteiger partial charge in [0.2, 0.25) is 15.9 Å². The SMILES string of the molecule is CC(=O)N1CCN(c2ccc(CN3C(C)CC(c4ccccc4)S3(=O)=O)c(F)c2)CC1. The van der Waals surface area contributed by atoms with Gasteiger partial charge in [-0.25, -0.2) is 12.8 Å². The Morgan fingerprint density at radius 3 is 2.35 bits per heavy atom. The van der Waals surface area contributed by atoms with Gasteiger partial charge in [-0.15, -0.1) is 0 Å². The maximum atomic E-state index is 14.9. The number of carbonyl (C=O) groups is 1. The summed E-state index contributed by atoms with van der Waals surface area (Å²) in [4.78, 5) is 15.3. The first-order valence-electron chi connectivity index (χ1n) is 10.6. The van der Waals surface area contributed by atoms with Gasteiger partial charge in [-0.2, -0.15) is 4.31 Å². The minimum Gasteiger partial charge on any atom is -0.368 e. The number of amides is 1. The minimum absolute atomic E-state index is 0.0249. The second kappa shape index (κ2) is 8.59. The van der Waals surface area contributed by atoms with Gasteiger partial charge in [-0.1, -0.05) is 36.4 Å². The van der Waals surface area contributed by atoms with Crippen molar-refractivity contribution in [1.82, 2.24) is 9.21 Å². The largest absolute Gasteiger partial charge is 0.368 e. The van der Waals surface area contributed by atoms with E-state index >= 15 is 0 Å². The Hall–Kier alpha value is -2.45. The minimum atomic E-state index is -3.57. The first-order chi connectivity index (χ1) is 14.8. The second-order valence-electron chi connectivity index (χ2n) is 8.34. The average Bonchev–Trinajstić information content (AvgIpc) is 2.99. The Labute approximate surface area is 183 Å². The second-order valence-corrected chi connectivity index (χ2v) is 10.4. The van der Waals surface area contributed by atoms with Crippen LogP contribution in [-0.2, 0) is 21.4 Å². The number of anilines is 1. The molecule has 31 heavy (non-hydrogen) atoms. The summed E-state index contributed by atoms with van der Waals surface area (Å²) in [5.74, 6) is -0.354. The summed E-state index contributed by atoms with van der Waals surface area (Å²) >= 11 is 0. The first-order valence-corrected chi connectivity index (χ1v) is 12.1. The lowest BCUT2D eigenvalue weighted by Gasteiger charge is -2.35. The normalized spacial score (nSPS) is 23.8. The van der Waals surface area contributed by atoms with Crippen LogP contribution in [0.3, 0.4) is 0 Å². The number of halogens is 1. The summed E-state index contributed by atoms with van der Waals surface area (Å²) < 4.78 is 42.7. The highest BCUT2D eigenvalue weighted by atomic mass is 32.2. The summed E-state index contributed by atoms with van der Waals surface area (Å²) in [6.07, 6.45) is 0.493. The fourth-order valence-corrected chi connectivity index (χ4v) is 6.75. The van der Waals surface area contributed by atoms with Gasteiger partial charge >= 0.3 is 0 Å². The lowest BCUT2D eigenvalue weighted by atomic mass is 10.1.